The van der Waals surface area contributed by atoms with E-state index in [2.05, 4.69) is 5.32 Å². The summed E-state index contributed by atoms with van der Waals surface area (Å²) >= 11 is 0. The van der Waals surface area contributed by atoms with Crippen molar-refractivity contribution in [2.45, 2.75) is 45.1 Å². The normalized spacial score (nSPS) is 19.0. The molecule has 1 heterocycles. The predicted octanol–water partition coefficient (Wildman–Crippen LogP) is 3.71. The quantitative estimate of drug-likeness (QED) is 0.904. The number of nitrogens with one attached hydrogen (secondary N) is 1. The molecule has 0 amide bonds. The van der Waals surface area contributed by atoms with E-state index in [0.717, 1.165) is 23.1 Å². The Kier molecular flexibility index (Phi) is 4.37. The van der Waals surface area contributed by atoms with E-state index in [4.69, 9.17) is 4.74 Å². The van der Waals surface area contributed by atoms with Crippen LogP contribution in [0.25, 0.3) is 0 Å². The van der Waals surface area contributed by atoms with Crippen LogP contribution in [0, 0.1) is 5.82 Å². The molecule has 1 aliphatic rings. The second-order valence-corrected chi connectivity index (χ2v) is 6.61. The number of benzene rings is 2. The monoisotopic (exact) mass is 315 g/mol. The Labute approximate surface area is 136 Å². The molecule has 0 radical (unpaired) electrons. The highest BCUT2D eigenvalue weighted by molar-refractivity contribution is 5.39. The maximum Gasteiger partial charge on any atom is 0.127 e. The topological polar surface area (TPSA) is 41.5 Å². The zero-order chi connectivity index (χ0) is 16.4. The van der Waals surface area contributed by atoms with Crippen LogP contribution in [0.4, 0.5) is 4.39 Å². The zero-order valence-electron chi connectivity index (χ0n) is 13.5. The van der Waals surface area contributed by atoms with Gasteiger partial charge in [0, 0.05) is 30.6 Å². The van der Waals surface area contributed by atoms with Crippen molar-refractivity contribution >= 4 is 0 Å². The smallest absolute Gasteiger partial charge is 0.127 e. The molecule has 0 fully saturated rings. The number of rotatable bonds is 4. The van der Waals surface area contributed by atoms with Gasteiger partial charge in [-0.2, -0.15) is 0 Å². The first-order chi connectivity index (χ1) is 11.0. The van der Waals surface area contributed by atoms with E-state index >= 15 is 0 Å². The van der Waals surface area contributed by atoms with Gasteiger partial charge in [-0.05, 0) is 31.0 Å². The third-order valence-corrected chi connectivity index (χ3v) is 4.26. The van der Waals surface area contributed by atoms with Gasteiger partial charge in [0.25, 0.3) is 0 Å². The largest absolute Gasteiger partial charge is 0.487 e. The van der Waals surface area contributed by atoms with E-state index in [1.807, 2.05) is 38.1 Å². The van der Waals surface area contributed by atoms with Gasteiger partial charge < -0.3 is 15.2 Å². The number of aliphatic hydroxyl groups is 1. The van der Waals surface area contributed by atoms with Crippen molar-refractivity contribution in [3.05, 3.63) is 65.0 Å². The van der Waals surface area contributed by atoms with Gasteiger partial charge >= 0.3 is 0 Å². The summed E-state index contributed by atoms with van der Waals surface area (Å²) in [6.07, 6.45) is 0.799. The molecule has 3 rings (SSSR count). The van der Waals surface area contributed by atoms with Crippen molar-refractivity contribution in [1.82, 2.24) is 5.32 Å². The van der Waals surface area contributed by atoms with Gasteiger partial charge in [0.1, 0.15) is 17.2 Å². The number of aliphatic hydroxyl groups excluding tert-OH is 1. The lowest BCUT2D eigenvalue weighted by molar-refractivity contribution is 0.0652. The number of halogens is 1. The van der Waals surface area contributed by atoms with Crippen LogP contribution < -0.4 is 10.1 Å². The van der Waals surface area contributed by atoms with Crippen LogP contribution >= 0.6 is 0 Å². The van der Waals surface area contributed by atoms with Crippen molar-refractivity contribution in [2.75, 3.05) is 0 Å². The van der Waals surface area contributed by atoms with Crippen LogP contribution in [0.5, 0.6) is 5.75 Å². The van der Waals surface area contributed by atoms with E-state index in [-0.39, 0.29) is 24.1 Å². The molecule has 0 aliphatic carbocycles. The van der Waals surface area contributed by atoms with Crippen LogP contribution in [0.2, 0.25) is 0 Å². The minimum absolute atomic E-state index is 0.0267. The molecular weight excluding hydrogens is 293 g/mol. The Bertz CT molecular complexity index is 700. The van der Waals surface area contributed by atoms with E-state index in [0.29, 0.717) is 12.3 Å². The fraction of sp³-hybridized carbons (Fsp3) is 0.368. The Morgan fingerprint density at radius 2 is 1.96 bits per heavy atom. The van der Waals surface area contributed by atoms with Crippen molar-refractivity contribution in [2.24, 2.45) is 0 Å². The summed E-state index contributed by atoms with van der Waals surface area (Å²) in [6.45, 7) is 4.70. The fourth-order valence-corrected chi connectivity index (χ4v) is 3.12. The summed E-state index contributed by atoms with van der Waals surface area (Å²) in [7, 11) is 0. The molecule has 2 aromatic carbocycles. The highest BCUT2D eigenvalue weighted by atomic mass is 19.1. The summed E-state index contributed by atoms with van der Waals surface area (Å²) in [6, 6.07) is 12.6. The molecular formula is C19H22FNO2. The van der Waals surface area contributed by atoms with Crippen LogP contribution in [0.1, 0.15) is 43.0 Å². The fourth-order valence-electron chi connectivity index (χ4n) is 3.12. The van der Waals surface area contributed by atoms with Crippen LogP contribution in [-0.2, 0) is 13.2 Å². The second kappa shape index (κ2) is 6.30. The maximum atomic E-state index is 13.5. The van der Waals surface area contributed by atoms with Gasteiger partial charge in [0.05, 0.1) is 6.61 Å². The third-order valence-electron chi connectivity index (χ3n) is 4.26. The average Bonchev–Trinajstić information content (AvgIpc) is 2.51. The number of fused-ring (bicyclic) bond motifs is 1. The van der Waals surface area contributed by atoms with Gasteiger partial charge in [0.2, 0.25) is 0 Å². The molecule has 4 heteroatoms. The van der Waals surface area contributed by atoms with Gasteiger partial charge in [-0.1, -0.05) is 30.3 Å². The molecule has 1 atom stereocenters. The van der Waals surface area contributed by atoms with E-state index < -0.39 is 0 Å². The SMILES string of the molecule is CC1(C)CC(NCc2ccccc2CO)c2ccc(F)cc2O1. The predicted molar refractivity (Wildman–Crippen MR) is 87.7 cm³/mol. The third kappa shape index (κ3) is 3.54. The molecule has 0 bridgehead atoms. The highest BCUT2D eigenvalue weighted by Crippen LogP contribution is 2.39. The first-order valence-corrected chi connectivity index (χ1v) is 7.88. The van der Waals surface area contributed by atoms with Gasteiger partial charge in [0.15, 0.2) is 0 Å². The molecule has 122 valence electrons. The van der Waals surface area contributed by atoms with Crippen molar-refractivity contribution in [1.29, 1.82) is 0 Å². The summed E-state index contributed by atoms with van der Waals surface area (Å²) in [5.74, 6) is 0.319. The maximum absolute atomic E-state index is 13.5. The molecule has 2 aromatic rings. The van der Waals surface area contributed by atoms with Crippen LogP contribution in [-0.4, -0.2) is 10.7 Å². The first kappa shape index (κ1) is 16.0. The summed E-state index contributed by atoms with van der Waals surface area (Å²) < 4.78 is 19.4. The summed E-state index contributed by atoms with van der Waals surface area (Å²) in [4.78, 5) is 0. The molecule has 2 N–H and O–H groups in total. The molecule has 23 heavy (non-hydrogen) atoms. The summed E-state index contributed by atoms with van der Waals surface area (Å²) in [5, 5.41) is 13.0. The molecule has 0 spiro atoms. The number of hydrogen-bond acceptors (Lipinski definition) is 3. The van der Waals surface area contributed by atoms with Crippen LogP contribution in [0.3, 0.4) is 0 Å². The van der Waals surface area contributed by atoms with Gasteiger partial charge in [-0.15, -0.1) is 0 Å². The van der Waals surface area contributed by atoms with E-state index in [1.54, 1.807) is 6.07 Å². The van der Waals surface area contributed by atoms with Gasteiger partial charge in [-0.25, -0.2) is 4.39 Å². The van der Waals surface area contributed by atoms with Crippen molar-refractivity contribution in [3.63, 3.8) is 0 Å². The zero-order valence-corrected chi connectivity index (χ0v) is 13.5. The van der Waals surface area contributed by atoms with Gasteiger partial charge in [-0.3, -0.25) is 0 Å². The van der Waals surface area contributed by atoms with E-state index in [1.165, 1.54) is 12.1 Å². The van der Waals surface area contributed by atoms with Crippen molar-refractivity contribution < 1.29 is 14.2 Å². The summed E-state index contributed by atoms with van der Waals surface area (Å²) in [5.41, 5.74) is 2.62. The molecule has 0 saturated heterocycles. The second-order valence-electron chi connectivity index (χ2n) is 6.61. The molecule has 1 aliphatic heterocycles. The lowest BCUT2D eigenvalue weighted by atomic mass is 9.89. The lowest BCUT2D eigenvalue weighted by Crippen LogP contribution is -2.39. The molecule has 0 aromatic heterocycles. The minimum Gasteiger partial charge on any atom is -0.487 e. The standard InChI is InChI=1S/C19H22FNO2/c1-19(2)10-17(16-8-7-15(20)9-18(16)23-19)21-11-13-5-3-4-6-14(13)12-22/h3-9,17,21-22H,10-12H2,1-2H3. The molecule has 3 nitrogen and oxygen atoms in total. The molecule has 1 unspecified atom stereocenters. The Morgan fingerprint density at radius 1 is 1.22 bits per heavy atom. The highest BCUT2D eigenvalue weighted by Gasteiger charge is 2.33. The Morgan fingerprint density at radius 3 is 2.70 bits per heavy atom. The lowest BCUT2D eigenvalue weighted by Gasteiger charge is -2.38. The van der Waals surface area contributed by atoms with Crippen LogP contribution in [0.15, 0.2) is 42.5 Å². The Balaban J connectivity index is 1.83. The number of hydrogen-bond donors (Lipinski definition) is 2. The molecule has 0 saturated carbocycles. The minimum atomic E-state index is -0.352. The first-order valence-electron chi connectivity index (χ1n) is 7.88. The Hall–Kier alpha value is -1.91. The van der Waals surface area contributed by atoms with Crippen molar-refractivity contribution in [3.8, 4) is 5.75 Å². The number of ether oxygens (including phenoxy) is 1. The average molecular weight is 315 g/mol. The van der Waals surface area contributed by atoms with E-state index in [9.17, 15) is 9.50 Å².